The third-order valence-electron chi connectivity index (χ3n) is 5.71. The molecule has 0 unspecified atom stereocenters. The summed E-state index contributed by atoms with van der Waals surface area (Å²) in [5.41, 5.74) is -0.305. The minimum Gasteiger partial charge on any atom is -0.462 e. The molecule has 1 aromatic carbocycles. The van der Waals surface area contributed by atoms with Gasteiger partial charge in [-0.1, -0.05) is 11.6 Å². The zero-order chi connectivity index (χ0) is 23.3. The number of benzene rings is 1. The Bertz CT molecular complexity index is 1470. The van der Waals surface area contributed by atoms with E-state index in [1.54, 1.807) is 19.2 Å². The van der Waals surface area contributed by atoms with Crippen LogP contribution in [0.3, 0.4) is 0 Å². The lowest BCUT2D eigenvalue weighted by Crippen LogP contribution is -2.24. The number of pyridine rings is 1. The number of ether oxygens (including phenoxy) is 1. The lowest BCUT2D eigenvalue weighted by molar-refractivity contribution is 0.0524. The predicted molar refractivity (Wildman–Crippen MR) is 118 cm³/mol. The summed E-state index contributed by atoms with van der Waals surface area (Å²) in [6.07, 6.45) is 3.04. The molecular weight excluding hydrogens is 456 g/mol. The number of nitrogens with zero attached hydrogens (tertiary/aromatic N) is 4. The van der Waals surface area contributed by atoms with Crippen LogP contribution >= 0.6 is 11.6 Å². The maximum Gasteiger partial charge on any atom is 0.345 e. The van der Waals surface area contributed by atoms with Crippen LogP contribution in [0.1, 0.15) is 41.7 Å². The Morgan fingerprint density at radius 1 is 1.33 bits per heavy atom. The van der Waals surface area contributed by atoms with Crippen LogP contribution in [0.5, 0.6) is 0 Å². The summed E-state index contributed by atoms with van der Waals surface area (Å²) in [6.45, 7) is 2.29. The first-order chi connectivity index (χ1) is 15.9. The number of carbonyl (C=O) groups excluding carboxylic acids is 1. The quantitative estimate of drug-likeness (QED) is 0.450. The van der Waals surface area contributed by atoms with Crippen molar-refractivity contribution in [3.63, 3.8) is 0 Å². The van der Waals surface area contributed by atoms with Gasteiger partial charge in [-0.2, -0.15) is 0 Å². The topological polar surface area (TPSA) is 92.6 Å². The Kier molecular flexibility index (Phi) is 5.24. The summed E-state index contributed by atoms with van der Waals surface area (Å²) < 4.78 is 34.7. The van der Waals surface area contributed by atoms with Crippen LogP contribution in [0.2, 0.25) is 5.02 Å². The van der Waals surface area contributed by atoms with Crippen molar-refractivity contribution in [3.8, 4) is 0 Å². The van der Waals surface area contributed by atoms with Crippen molar-refractivity contribution >= 4 is 40.1 Å². The molecule has 1 atom stereocenters. The molecule has 1 fully saturated rings. The maximum absolute atomic E-state index is 14.5. The van der Waals surface area contributed by atoms with Gasteiger partial charge in [0, 0.05) is 18.3 Å². The van der Waals surface area contributed by atoms with Gasteiger partial charge in [-0.15, -0.1) is 5.10 Å². The molecule has 11 heteroatoms. The van der Waals surface area contributed by atoms with E-state index in [-0.39, 0.29) is 33.8 Å². The Hall–Kier alpha value is -3.53. The molecule has 1 N–H and O–H groups in total. The molecule has 0 amide bonds. The first-order valence-electron chi connectivity index (χ1n) is 10.4. The number of fused-ring (bicyclic) bond motifs is 3. The van der Waals surface area contributed by atoms with Crippen molar-refractivity contribution in [2.45, 2.75) is 25.8 Å². The third-order valence-corrected chi connectivity index (χ3v) is 6.09. The fourth-order valence-corrected chi connectivity index (χ4v) is 4.62. The minimum absolute atomic E-state index is 0.0801. The van der Waals surface area contributed by atoms with Gasteiger partial charge in [0.25, 0.3) is 5.56 Å². The molecule has 4 aromatic rings. The third kappa shape index (κ3) is 3.50. The fourth-order valence-electron chi connectivity index (χ4n) is 4.28. The Morgan fingerprint density at radius 2 is 2.15 bits per heavy atom. The molecule has 1 aliphatic heterocycles. The van der Waals surface area contributed by atoms with Gasteiger partial charge in [0.2, 0.25) is 0 Å². The number of esters is 1. The number of nitrogens with one attached hydrogen (secondary N) is 1. The van der Waals surface area contributed by atoms with Gasteiger partial charge in [0.05, 0.1) is 23.1 Å². The Balaban J connectivity index is 1.65. The number of carbonyl (C=O) groups is 1. The first-order valence-corrected chi connectivity index (χ1v) is 10.8. The van der Waals surface area contributed by atoms with Crippen LogP contribution < -0.4 is 10.5 Å². The minimum atomic E-state index is -0.845. The van der Waals surface area contributed by atoms with Gasteiger partial charge in [0.1, 0.15) is 23.0 Å². The zero-order valence-electron chi connectivity index (χ0n) is 17.4. The molecule has 1 aliphatic rings. The van der Waals surface area contributed by atoms with Crippen LogP contribution in [0.4, 0.5) is 14.6 Å². The number of aromatic amines is 1. The summed E-state index contributed by atoms with van der Waals surface area (Å²) >= 11 is 6.45. The molecule has 1 saturated heterocycles. The second-order valence-corrected chi connectivity index (χ2v) is 8.04. The predicted octanol–water partition coefficient (Wildman–Crippen LogP) is 4.02. The SMILES string of the molecule is CCOC(=O)c1c(Cl)c2c(nn3ccc(N4CCC[C@@H]4c4cc(F)ccc4F)nc23)[nH]c1=O. The van der Waals surface area contributed by atoms with E-state index in [2.05, 4.69) is 15.1 Å². The molecule has 4 heterocycles. The number of H-pyrrole nitrogens is 1. The lowest BCUT2D eigenvalue weighted by atomic mass is 10.0. The zero-order valence-corrected chi connectivity index (χ0v) is 18.2. The highest BCUT2D eigenvalue weighted by Gasteiger charge is 2.30. The molecular formula is C22H18ClF2N5O3. The average molecular weight is 474 g/mol. The summed E-state index contributed by atoms with van der Waals surface area (Å²) in [6, 6.07) is 4.72. The van der Waals surface area contributed by atoms with E-state index >= 15 is 0 Å². The van der Waals surface area contributed by atoms with Crippen molar-refractivity contribution in [1.82, 2.24) is 19.6 Å². The van der Waals surface area contributed by atoms with Crippen LogP contribution in [-0.4, -0.2) is 38.7 Å². The van der Waals surface area contributed by atoms with Crippen molar-refractivity contribution in [3.05, 3.63) is 68.6 Å². The van der Waals surface area contributed by atoms with Crippen LogP contribution in [-0.2, 0) is 4.74 Å². The lowest BCUT2D eigenvalue weighted by Gasteiger charge is -2.26. The average Bonchev–Trinajstić information content (AvgIpc) is 3.39. The molecule has 0 saturated carbocycles. The van der Waals surface area contributed by atoms with E-state index < -0.39 is 29.2 Å². The van der Waals surface area contributed by atoms with Gasteiger partial charge < -0.3 is 14.6 Å². The smallest absolute Gasteiger partial charge is 0.345 e. The molecule has 0 spiro atoms. The molecule has 8 nitrogen and oxygen atoms in total. The summed E-state index contributed by atoms with van der Waals surface area (Å²) in [5, 5.41) is 4.46. The largest absolute Gasteiger partial charge is 0.462 e. The van der Waals surface area contributed by atoms with E-state index in [1.807, 2.05) is 4.90 Å². The number of aromatic nitrogens is 4. The van der Waals surface area contributed by atoms with Crippen LogP contribution in [0.25, 0.3) is 16.7 Å². The highest BCUT2D eigenvalue weighted by atomic mass is 35.5. The highest BCUT2D eigenvalue weighted by molar-refractivity contribution is 6.39. The van der Waals surface area contributed by atoms with E-state index in [1.165, 1.54) is 10.6 Å². The molecule has 0 aliphatic carbocycles. The monoisotopic (exact) mass is 473 g/mol. The summed E-state index contributed by atoms with van der Waals surface area (Å²) in [7, 11) is 0. The van der Waals surface area contributed by atoms with Gasteiger partial charge in [0.15, 0.2) is 11.3 Å². The molecule has 33 heavy (non-hydrogen) atoms. The normalized spacial score (nSPS) is 16.1. The summed E-state index contributed by atoms with van der Waals surface area (Å²) in [5.74, 6) is -1.33. The van der Waals surface area contributed by atoms with E-state index in [0.29, 0.717) is 24.4 Å². The fraction of sp³-hybridized carbons (Fsp3) is 0.273. The Morgan fingerprint density at radius 3 is 2.94 bits per heavy atom. The van der Waals surface area contributed by atoms with Gasteiger partial charge in [-0.3, -0.25) is 4.79 Å². The van der Waals surface area contributed by atoms with Crippen molar-refractivity contribution in [2.24, 2.45) is 0 Å². The van der Waals surface area contributed by atoms with Crippen LogP contribution in [0.15, 0.2) is 35.3 Å². The summed E-state index contributed by atoms with van der Waals surface area (Å²) in [4.78, 5) is 33.8. The second-order valence-electron chi connectivity index (χ2n) is 7.66. The van der Waals surface area contributed by atoms with E-state index in [9.17, 15) is 18.4 Å². The molecule has 5 rings (SSSR count). The number of anilines is 1. The van der Waals surface area contributed by atoms with Crippen molar-refractivity contribution < 1.29 is 18.3 Å². The molecule has 0 bridgehead atoms. The van der Waals surface area contributed by atoms with Gasteiger partial charge in [-0.05, 0) is 44.0 Å². The van der Waals surface area contributed by atoms with Crippen molar-refractivity contribution in [2.75, 3.05) is 18.1 Å². The van der Waals surface area contributed by atoms with Gasteiger partial charge >= 0.3 is 5.97 Å². The number of hydrogen-bond acceptors (Lipinski definition) is 6. The molecule has 0 radical (unpaired) electrons. The molecule has 3 aromatic heterocycles. The first kappa shape index (κ1) is 21.3. The maximum atomic E-state index is 14.5. The molecule has 170 valence electrons. The van der Waals surface area contributed by atoms with Crippen molar-refractivity contribution in [1.29, 1.82) is 0 Å². The van der Waals surface area contributed by atoms with E-state index in [0.717, 1.165) is 18.6 Å². The second kappa shape index (κ2) is 8.11. The number of halogens is 3. The number of rotatable bonds is 4. The van der Waals surface area contributed by atoms with E-state index in [4.69, 9.17) is 16.3 Å². The standard InChI is InChI=1S/C22H18ClF2N5O3/c1-2-33-22(32)17-18(23)16-19(27-21(17)31)28-30-9-7-15(26-20(16)30)29-8-3-4-14(29)12-10-11(24)5-6-13(12)25/h5-7,9-10,14H,2-4,8H2,1H3,(H,27,28,31)/t14-/m1/s1. The highest BCUT2D eigenvalue weighted by Crippen LogP contribution is 2.37. The number of hydrogen-bond donors (Lipinski definition) is 1. The Labute approximate surface area is 190 Å². The van der Waals surface area contributed by atoms with Crippen LogP contribution in [0, 0.1) is 11.6 Å². The van der Waals surface area contributed by atoms with Gasteiger partial charge in [-0.25, -0.2) is 23.1 Å².